The quantitative estimate of drug-likeness (QED) is 0.422. The predicted molar refractivity (Wildman–Crippen MR) is 140 cm³/mol. The number of halogens is 2. The van der Waals surface area contributed by atoms with Crippen LogP contribution in [0.3, 0.4) is 0 Å². The van der Waals surface area contributed by atoms with E-state index in [1.807, 2.05) is 32.9 Å². The number of imide groups is 1. The molecule has 0 spiro atoms. The first-order valence-electron chi connectivity index (χ1n) is 11.5. The zero-order valence-corrected chi connectivity index (χ0v) is 22.4. The average molecular weight is 578 g/mol. The minimum Gasteiger partial charge on any atom is -0.490 e. The number of nitrogens with zero attached hydrogens (tertiary/aromatic N) is 2. The van der Waals surface area contributed by atoms with Gasteiger partial charge in [0.2, 0.25) is 0 Å². The summed E-state index contributed by atoms with van der Waals surface area (Å²) in [4.78, 5) is 39.5. The summed E-state index contributed by atoms with van der Waals surface area (Å²) < 4.78 is 12.5. The summed E-state index contributed by atoms with van der Waals surface area (Å²) in [5.74, 6) is -0.102. The van der Waals surface area contributed by atoms with E-state index in [9.17, 15) is 19.5 Å². The molecule has 1 N–H and O–H groups in total. The van der Waals surface area contributed by atoms with Crippen LogP contribution in [0, 0.1) is 0 Å². The van der Waals surface area contributed by atoms with Gasteiger partial charge in [-0.1, -0.05) is 33.6 Å². The fraction of sp³-hybridized carbons (Fsp3) is 0.346. The third kappa shape index (κ3) is 5.68. The molecule has 0 unspecified atom stereocenters. The van der Waals surface area contributed by atoms with Crippen molar-refractivity contribution in [3.63, 3.8) is 0 Å². The smallest absolute Gasteiger partial charge is 0.419 e. The standard InChI is InChI=1S/C26H26BrClN2O6/c1-26(2,3)36-25(34)29-10-8-18(9-11-29)35-22-7-4-16(27)12-15(22)13-20-19-6-5-17(28)14-21(19)30(23(20)31)24(32)33/h4-7,12-14,18H,8-11H2,1-3H3,(H,32,33). The number of carbonyl (C=O) groups excluding carboxylic acids is 2. The van der Waals surface area contributed by atoms with Crippen LogP contribution in [0.25, 0.3) is 11.6 Å². The Morgan fingerprint density at radius 3 is 2.47 bits per heavy atom. The molecule has 8 nitrogen and oxygen atoms in total. The Balaban J connectivity index is 1.56. The maximum absolute atomic E-state index is 13.0. The number of ether oxygens (including phenoxy) is 2. The van der Waals surface area contributed by atoms with Crippen molar-refractivity contribution < 1.29 is 29.0 Å². The van der Waals surface area contributed by atoms with Crippen molar-refractivity contribution in [3.05, 3.63) is 57.0 Å². The molecule has 36 heavy (non-hydrogen) atoms. The largest absolute Gasteiger partial charge is 0.490 e. The second kappa shape index (κ2) is 10.1. The molecule has 10 heteroatoms. The van der Waals surface area contributed by atoms with Crippen molar-refractivity contribution in [1.82, 2.24) is 4.90 Å². The van der Waals surface area contributed by atoms with Crippen molar-refractivity contribution in [2.45, 2.75) is 45.3 Å². The van der Waals surface area contributed by atoms with Crippen LogP contribution in [0.5, 0.6) is 5.75 Å². The molecule has 0 bridgehead atoms. The molecule has 1 saturated heterocycles. The van der Waals surface area contributed by atoms with E-state index in [4.69, 9.17) is 21.1 Å². The molecule has 2 heterocycles. The third-order valence-electron chi connectivity index (χ3n) is 5.77. The van der Waals surface area contributed by atoms with E-state index in [0.717, 1.165) is 4.47 Å². The van der Waals surface area contributed by atoms with Crippen LogP contribution in [0.4, 0.5) is 15.3 Å². The molecule has 3 amide bonds. The molecule has 0 radical (unpaired) electrons. The van der Waals surface area contributed by atoms with Gasteiger partial charge in [-0.2, -0.15) is 0 Å². The number of likely N-dealkylation sites (tertiary alicyclic amines) is 1. The number of piperidine rings is 1. The van der Waals surface area contributed by atoms with E-state index in [0.29, 0.717) is 52.7 Å². The first kappa shape index (κ1) is 26.0. The van der Waals surface area contributed by atoms with Crippen LogP contribution in [0.2, 0.25) is 5.02 Å². The van der Waals surface area contributed by atoms with Crippen molar-refractivity contribution in [3.8, 4) is 5.75 Å². The van der Waals surface area contributed by atoms with Gasteiger partial charge in [0.25, 0.3) is 5.91 Å². The Morgan fingerprint density at radius 1 is 1.14 bits per heavy atom. The van der Waals surface area contributed by atoms with Gasteiger partial charge in [-0.15, -0.1) is 0 Å². The summed E-state index contributed by atoms with van der Waals surface area (Å²) in [5.41, 5.74) is 0.992. The number of hydrogen-bond donors (Lipinski definition) is 1. The van der Waals surface area contributed by atoms with Gasteiger partial charge in [-0.05, 0) is 57.2 Å². The van der Waals surface area contributed by atoms with E-state index in [1.165, 1.54) is 6.07 Å². The lowest BCUT2D eigenvalue weighted by molar-refractivity contribution is -0.112. The van der Waals surface area contributed by atoms with Crippen LogP contribution in [0.15, 0.2) is 40.9 Å². The number of benzene rings is 2. The molecule has 0 aromatic heterocycles. The monoisotopic (exact) mass is 576 g/mol. The summed E-state index contributed by atoms with van der Waals surface area (Å²) in [6.45, 7) is 6.52. The Morgan fingerprint density at radius 2 is 1.83 bits per heavy atom. The number of anilines is 1. The summed E-state index contributed by atoms with van der Waals surface area (Å²) >= 11 is 9.52. The van der Waals surface area contributed by atoms with Crippen LogP contribution < -0.4 is 9.64 Å². The molecular formula is C26H26BrClN2O6. The molecule has 2 aromatic rings. The predicted octanol–water partition coefficient (Wildman–Crippen LogP) is 6.45. The van der Waals surface area contributed by atoms with Crippen LogP contribution >= 0.6 is 27.5 Å². The average Bonchev–Trinajstić information content (AvgIpc) is 3.05. The van der Waals surface area contributed by atoms with Gasteiger partial charge < -0.3 is 19.5 Å². The van der Waals surface area contributed by atoms with E-state index in [-0.39, 0.29) is 23.5 Å². The van der Waals surface area contributed by atoms with Crippen LogP contribution in [-0.4, -0.2) is 52.9 Å². The van der Waals surface area contributed by atoms with Gasteiger partial charge in [0.1, 0.15) is 17.5 Å². The van der Waals surface area contributed by atoms with Crippen molar-refractivity contribution >= 4 is 63.0 Å². The maximum Gasteiger partial charge on any atom is 0.419 e. The van der Waals surface area contributed by atoms with Gasteiger partial charge >= 0.3 is 12.2 Å². The van der Waals surface area contributed by atoms with E-state index in [1.54, 1.807) is 29.2 Å². The van der Waals surface area contributed by atoms with Crippen molar-refractivity contribution in [2.24, 2.45) is 0 Å². The highest BCUT2D eigenvalue weighted by atomic mass is 79.9. The zero-order chi connectivity index (χ0) is 26.2. The summed E-state index contributed by atoms with van der Waals surface area (Å²) in [5, 5.41) is 9.94. The van der Waals surface area contributed by atoms with Crippen molar-refractivity contribution in [1.29, 1.82) is 0 Å². The second-order valence-corrected chi connectivity index (χ2v) is 11.0. The minimum atomic E-state index is -1.38. The van der Waals surface area contributed by atoms with E-state index >= 15 is 0 Å². The summed E-state index contributed by atoms with van der Waals surface area (Å²) in [6.07, 6.45) is 1.03. The van der Waals surface area contributed by atoms with Gasteiger partial charge in [-0.25, -0.2) is 14.5 Å². The Labute approximate surface area is 222 Å². The lowest BCUT2D eigenvalue weighted by Crippen LogP contribution is -2.44. The number of carbonyl (C=O) groups is 3. The van der Waals surface area contributed by atoms with Gasteiger partial charge in [0.05, 0.1) is 11.3 Å². The molecule has 4 rings (SSSR count). The highest BCUT2D eigenvalue weighted by Crippen LogP contribution is 2.41. The Hall–Kier alpha value is -3.04. The molecule has 2 aliphatic heterocycles. The fourth-order valence-electron chi connectivity index (χ4n) is 4.15. The first-order valence-corrected chi connectivity index (χ1v) is 12.6. The molecule has 2 aliphatic rings. The van der Waals surface area contributed by atoms with Gasteiger partial charge in [0.15, 0.2) is 0 Å². The maximum atomic E-state index is 13.0. The fourth-order valence-corrected chi connectivity index (χ4v) is 4.69. The summed E-state index contributed by atoms with van der Waals surface area (Å²) in [7, 11) is 0. The van der Waals surface area contributed by atoms with E-state index in [2.05, 4.69) is 15.9 Å². The summed E-state index contributed by atoms with van der Waals surface area (Å²) in [6, 6.07) is 10.2. The second-order valence-electron chi connectivity index (χ2n) is 9.61. The molecule has 2 aromatic carbocycles. The highest BCUT2D eigenvalue weighted by molar-refractivity contribution is 9.10. The van der Waals surface area contributed by atoms with Crippen LogP contribution in [-0.2, 0) is 9.53 Å². The van der Waals surface area contributed by atoms with E-state index < -0.39 is 17.6 Å². The SMILES string of the molecule is CC(C)(C)OC(=O)N1CCC(Oc2ccc(Br)cc2C=C2C(=O)N(C(=O)O)c3cc(Cl)ccc32)CC1. The lowest BCUT2D eigenvalue weighted by atomic mass is 10.0. The lowest BCUT2D eigenvalue weighted by Gasteiger charge is -2.33. The first-order chi connectivity index (χ1) is 16.9. The Kier molecular flexibility index (Phi) is 7.33. The topological polar surface area (TPSA) is 96.4 Å². The van der Waals surface area contributed by atoms with Crippen molar-refractivity contribution in [2.75, 3.05) is 18.0 Å². The zero-order valence-electron chi connectivity index (χ0n) is 20.1. The normalized spacial score (nSPS) is 17.4. The highest BCUT2D eigenvalue weighted by Gasteiger charge is 2.37. The molecule has 0 saturated carbocycles. The van der Waals surface area contributed by atoms with Crippen LogP contribution in [0.1, 0.15) is 44.7 Å². The number of carboxylic acid groups (broad SMARTS) is 1. The van der Waals surface area contributed by atoms with Gasteiger partial charge in [0, 0.05) is 46.6 Å². The molecular weight excluding hydrogens is 552 g/mol. The third-order valence-corrected chi connectivity index (χ3v) is 6.50. The Bertz CT molecular complexity index is 1250. The molecule has 0 aliphatic carbocycles. The molecule has 1 fully saturated rings. The number of fused-ring (bicyclic) bond motifs is 1. The number of amides is 3. The number of hydrogen-bond acceptors (Lipinski definition) is 5. The molecule has 190 valence electrons. The van der Waals surface area contributed by atoms with Gasteiger partial charge in [-0.3, -0.25) is 4.79 Å². The minimum absolute atomic E-state index is 0.136. The number of rotatable bonds is 3. The molecule has 0 atom stereocenters.